The van der Waals surface area contributed by atoms with Crippen molar-refractivity contribution in [3.63, 3.8) is 0 Å². The molecular formula is C29H36Cl2N4O5. The first-order valence-electron chi connectivity index (χ1n) is 13.8. The van der Waals surface area contributed by atoms with Gasteiger partial charge in [-0.15, -0.1) is 0 Å². The summed E-state index contributed by atoms with van der Waals surface area (Å²) in [5.74, 6) is 1.82. The first-order chi connectivity index (χ1) is 19.6. The first kappa shape index (κ1) is 29.1. The SMILES string of the molecule is COc1cc2c(Nc3ccc(Cl)c(Cl)c3)ncnc2cc1OCC1CN(CCCOC2CCCCO2)CCCO1. The zero-order valence-corrected chi connectivity index (χ0v) is 24.3. The monoisotopic (exact) mass is 590 g/mol. The Morgan fingerprint density at radius 1 is 1.02 bits per heavy atom. The second-order valence-corrected chi connectivity index (χ2v) is 10.8. The van der Waals surface area contributed by atoms with Gasteiger partial charge in [-0.1, -0.05) is 23.2 Å². The summed E-state index contributed by atoms with van der Waals surface area (Å²) in [5.41, 5.74) is 1.48. The predicted octanol–water partition coefficient (Wildman–Crippen LogP) is 6.09. The highest BCUT2D eigenvalue weighted by Gasteiger charge is 2.21. The second-order valence-electron chi connectivity index (χ2n) is 9.97. The third-order valence-electron chi connectivity index (χ3n) is 7.02. The van der Waals surface area contributed by atoms with Gasteiger partial charge in [0.1, 0.15) is 24.9 Å². The summed E-state index contributed by atoms with van der Waals surface area (Å²) in [7, 11) is 1.62. The Labute approximate surface area is 245 Å². The van der Waals surface area contributed by atoms with Gasteiger partial charge in [0, 0.05) is 50.0 Å². The van der Waals surface area contributed by atoms with Crippen LogP contribution in [0.1, 0.15) is 32.1 Å². The molecule has 3 heterocycles. The number of ether oxygens (including phenoxy) is 5. The molecule has 0 saturated carbocycles. The Morgan fingerprint density at radius 3 is 2.75 bits per heavy atom. The number of hydrogen-bond acceptors (Lipinski definition) is 9. The van der Waals surface area contributed by atoms with Crippen LogP contribution in [-0.4, -0.2) is 80.4 Å². The molecule has 40 heavy (non-hydrogen) atoms. The molecule has 2 aliphatic heterocycles. The topological polar surface area (TPSA) is 87.2 Å². The van der Waals surface area contributed by atoms with E-state index in [1.165, 1.54) is 12.7 Å². The van der Waals surface area contributed by atoms with Crippen molar-refractivity contribution < 1.29 is 23.7 Å². The minimum atomic E-state index is -0.0530. The maximum absolute atomic E-state index is 6.24. The average molecular weight is 592 g/mol. The van der Waals surface area contributed by atoms with Crippen molar-refractivity contribution >= 4 is 45.6 Å². The van der Waals surface area contributed by atoms with Crippen LogP contribution in [0, 0.1) is 0 Å². The maximum atomic E-state index is 6.24. The molecule has 11 heteroatoms. The van der Waals surface area contributed by atoms with E-state index in [-0.39, 0.29) is 12.4 Å². The summed E-state index contributed by atoms with van der Waals surface area (Å²) >= 11 is 12.2. The molecule has 2 aromatic carbocycles. The molecular weight excluding hydrogens is 555 g/mol. The smallest absolute Gasteiger partial charge is 0.163 e. The van der Waals surface area contributed by atoms with Crippen LogP contribution in [0.3, 0.4) is 0 Å². The minimum absolute atomic E-state index is 0.0348. The van der Waals surface area contributed by atoms with Crippen LogP contribution in [-0.2, 0) is 14.2 Å². The molecule has 2 unspecified atom stereocenters. The Kier molecular flexibility index (Phi) is 10.5. The van der Waals surface area contributed by atoms with E-state index in [4.69, 9.17) is 46.9 Å². The first-order valence-corrected chi connectivity index (χ1v) is 14.6. The van der Waals surface area contributed by atoms with E-state index in [2.05, 4.69) is 20.2 Å². The quantitative estimate of drug-likeness (QED) is 0.266. The summed E-state index contributed by atoms with van der Waals surface area (Å²) in [6.45, 7) is 5.39. The van der Waals surface area contributed by atoms with Crippen LogP contribution in [0.4, 0.5) is 11.5 Å². The largest absolute Gasteiger partial charge is 0.493 e. The molecule has 1 N–H and O–H groups in total. The lowest BCUT2D eigenvalue weighted by Gasteiger charge is -2.25. The fraction of sp³-hybridized carbons (Fsp3) is 0.517. The van der Waals surface area contributed by atoms with Gasteiger partial charge in [0.2, 0.25) is 0 Å². The van der Waals surface area contributed by atoms with Gasteiger partial charge in [-0.05, 0) is 56.4 Å². The minimum Gasteiger partial charge on any atom is -0.493 e. The van der Waals surface area contributed by atoms with E-state index in [1.54, 1.807) is 19.2 Å². The van der Waals surface area contributed by atoms with Gasteiger partial charge >= 0.3 is 0 Å². The number of fused-ring (bicyclic) bond motifs is 1. The van der Waals surface area contributed by atoms with Crippen LogP contribution >= 0.6 is 23.2 Å². The Hall–Kier alpha value is -2.40. The lowest BCUT2D eigenvalue weighted by molar-refractivity contribution is -0.163. The summed E-state index contributed by atoms with van der Waals surface area (Å²) in [6, 6.07) is 9.07. The zero-order valence-electron chi connectivity index (χ0n) is 22.7. The van der Waals surface area contributed by atoms with Gasteiger partial charge in [0.15, 0.2) is 17.8 Å². The number of nitrogens with zero attached hydrogens (tertiary/aromatic N) is 3. The highest BCUT2D eigenvalue weighted by molar-refractivity contribution is 6.42. The van der Waals surface area contributed by atoms with Crippen LogP contribution in [0.15, 0.2) is 36.7 Å². The van der Waals surface area contributed by atoms with Crippen molar-refractivity contribution in [3.05, 3.63) is 46.7 Å². The molecule has 2 fully saturated rings. The number of nitrogens with one attached hydrogen (secondary N) is 1. The molecule has 0 bridgehead atoms. The van der Waals surface area contributed by atoms with Gasteiger partial charge < -0.3 is 33.9 Å². The molecule has 0 radical (unpaired) electrons. The van der Waals surface area contributed by atoms with E-state index >= 15 is 0 Å². The molecule has 0 aliphatic carbocycles. The molecule has 9 nitrogen and oxygen atoms in total. The molecule has 2 aliphatic rings. The fourth-order valence-electron chi connectivity index (χ4n) is 4.95. The molecule has 0 spiro atoms. The number of benzene rings is 2. The van der Waals surface area contributed by atoms with Crippen LogP contribution < -0.4 is 14.8 Å². The third-order valence-corrected chi connectivity index (χ3v) is 7.76. The van der Waals surface area contributed by atoms with Gasteiger partial charge in [-0.3, -0.25) is 0 Å². The second kappa shape index (κ2) is 14.5. The van der Waals surface area contributed by atoms with Crippen LogP contribution in [0.25, 0.3) is 10.9 Å². The van der Waals surface area contributed by atoms with Crippen molar-refractivity contribution in [3.8, 4) is 11.5 Å². The molecule has 1 aromatic heterocycles. The molecule has 216 valence electrons. The Bertz CT molecular complexity index is 1260. The molecule has 2 atom stereocenters. The van der Waals surface area contributed by atoms with Crippen molar-refractivity contribution in [2.45, 2.75) is 44.5 Å². The zero-order chi connectivity index (χ0) is 27.7. The van der Waals surface area contributed by atoms with E-state index in [1.807, 2.05) is 18.2 Å². The van der Waals surface area contributed by atoms with Crippen molar-refractivity contribution in [1.29, 1.82) is 0 Å². The number of aromatic nitrogens is 2. The normalized spacial score (nSPS) is 20.3. The Morgan fingerprint density at radius 2 is 1.93 bits per heavy atom. The van der Waals surface area contributed by atoms with E-state index < -0.39 is 0 Å². The Balaban J connectivity index is 1.19. The van der Waals surface area contributed by atoms with Crippen LogP contribution in [0.2, 0.25) is 10.0 Å². The number of halogens is 2. The summed E-state index contributed by atoms with van der Waals surface area (Å²) < 4.78 is 29.6. The predicted molar refractivity (Wildman–Crippen MR) is 156 cm³/mol. The molecule has 0 amide bonds. The summed E-state index contributed by atoms with van der Waals surface area (Å²) in [4.78, 5) is 11.3. The van der Waals surface area contributed by atoms with Crippen LogP contribution in [0.5, 0.6) is 11.5 Å². The number of hydrogen-bond donors (Lipinski definition) is 1. The standard InChI is InChI=1S/C29H36Cl2N4O5/c1-36-26-15-22-25(32-19-33-29(22)34-20-7-8-23(30)24(31)14-20)16-27(26)40-18-21-17-35(9-4-12-37-21)10-5-13-39-28-6-2-3-11-38-28/h7-8,14-16,19,21,28H,2-6,9-13,17-18H2,1H3,(H,32,33,34). The van der Waals surface area contributed by atoms with Gasteiger partial charge in [-0.2, -0.15) is 0 Å². The average Bonchev–Trinajstić information content (AvgIpc) is 3.21. The molecule has 3 aromatic rings. The van der Waals surface area contributed by atoms with Gasteiger partial charge in [0.25, 0.3) is 0 Å². The number of anilines is 2. The number of rotatable bonds is 11. The third kappa shape index (κ3) is 7.87. The highest BCUT2D eigenvalue weighted by atomic mass is 35.5. The van der Waals surface area contributed by atoms with Gasteiger partial charge in [-0.25, -0.2) is 9.97 Å². The summed E-state index contributed by atoms with van der Waals surface area (Å²) in [6.07, 6.45) is 6.69. The highest BCUT2D eigenvalue weighted by Crippen LogP contribution is 2.35. The van der Waals surface area contributed by atoms with Crippen molar-refractivity contribution in [2.75, 3.05) is 58.5 Å². The summed E-state index contributed by atoms with van der Waals surface area (Å²) in [5, 5.41) is 5.02. The van der Waals surface area contributed by atoms with Crippen molar-refractivity contribution in [1.82, 2.24) is 14.9 Å². The lowest BCUT2D eigenvalue weighted by Crippen LogP contribution is -2.36. The van der Waals surface area contributed by atoms with Crippen molar-refractivity contribution in [2.24, 2.45) is 0 Å². The number of methoxy groups -OCH3 is 1. The van der Waals surface area contributed by atoms with E-state index in [9.17, 15) is 0 Å². The fourth-order valence-corrected chi connectivity index (χ4v) is 5.25. The molecule has 2 saturated heterocycles. The van der Waals surface area contributed by atoms with Gasteiger partial charge in [0.05, 0.1) is 29.3 Å². The maximum Gasteiger partial charge on any atom is 0.163 e. The van der Waals surface area contributed by atoms with E-state index in [0.29, 0.717) is 47.2 Å². The van der Waals surface area contributed by atoms with E-state index in [0.717, 1.165) is 68.5 Å². The molecule has 5 rings (SSSR count). The lowest BCUT2D eigenvalue weighted by atomic mass is 10.2.